The summed E-state index contributed by atoms with van der Waals surface area (Å²) in [7, 11) is 0. The molecule has 2 aromatic heterocycles. The van der Waals surface area contributed by atoms with Gasteiger partial charge in [-0.05, 0) is 26.0 Å². The van der Waals surface area contributed by atoms with Crippen molar-refractivity contribution >= 4 is 17.2 Å². The van der Waals surface area contributed by atoms with Crippen LogP contribution in [0.2, 0.25) is 0 Å². The Balaban J connectivity index is 2.52. The van der Waals surface area contributed by atoms with Crippen molar-refractivity contribution in [3.8, 4) is 10.6 Å². The van der Waals surface area contributed by atoms with E-state index in [1.165, 1.54) is 11.3 Å². The molecule has 0 bridgehead atoms. The van der Waals surface area contributed by atoms with Gasteiger partial charge in [0, 0.05) is 5.69 Å². The van der Waals surface area contributed by atoms with Gasteiger partial charge in [0.1, 0.15) is 10.8 Å². The quantitative estimate of drug-likeness (QED) is 0.772. The first-order valence-electron chi connectivity index (χ1n) is 4.20. The highest BCUT2D eigenvalue weighted by Crippen LogP contribution is 2.26. The summed E-state index contributed by atoms with van der Waals surface area (Å²) in [5, 5.41) is 9.72. The van der Waals surface area contributed by atoms with Crippen molar-refractivity contribution in [2.45, 2.75) is 13.8 Å². The summed E-state index contributed by atoms with van der Waals surface area (Å²) in [4.78, 5) is 4.18. The molecule has 2 rings (SSSR count). The van der Waals surface area contributed by atoms with Crippen molar-refractivity contribution in [2.75, 3.05) is 5.73 Å². The van der Waals surface area contributed by atoms with Crippen LogP contribution < -0.4 is 5.73 Å². The zero-order valence-corrected chi connectivity index (χ0v) is 8.80. The molecule has 72 valence electrons. The largest absolute Gasteiger partial charge is 0.383 e. The molecule has 0 aliphatic carbocycles. The highest BCUT2D eigenvalue weighted by Gasteiger charge is 2.08. The van der Waals surface area contributed by atoms with Crippen molar-refractivity contribution in [3.05, 3.63) is 22.8 Å². The number of hydrogen-bond donors (Lipinski definition) is 1. The van der Waals surface area contributed by atoms with Gasteiger partial charge in [-0.25, -0.2) is 4.98 Å². The molecule has 2 heterocycles. The van der Waals surface area contributed by atoms with Crippen LogP contribution in [0.25, 0.3) is 10.6 Å². The maximum absolute atomic E-state index is 5.79. The normalized spacial score (nSPS) is 10.4. The molecule has 0 aliphatic rings. The lowest BCUT2D eigenvalue weighted by atomic mass is 10.2. The second kappa shape index (κ2) is 3.34. The molecular formula is C9H10N4S. The SMILES string of the molecule is Cc1ccc(-c2nnc(C)s2)c(N)n1. The standard InChI is InChI=1S/C9H10N4S/c1-5-3-4-7(8(10)11-5)9-13-12-6(2)14-9/h3-4H,1-2H3,(H2,10,11). The molecule has 0 atom stereocenters. The molecule has 0 spiro atoms. The molecule has 0 unspecified atom stereocenters. The van der Waals surface area contributed by atoms with Crippen LogP contribution in [0.5, 0.6) is 0 Å². The Kier molecular flexibility index (Phi) is 2.17. The monoisotopic (exact) mass is 206 g/mol. The van der Waals surface area contributed by atoms with Crippen LogP contribution in [-0.4, -0.2) is 15.2 Å². The molecule has 0 fully saturated rings. The number of nitrogens with zero attached hydrogens (tertiary/aromatic N) is 3. The number of nitrogen functional groups attached to an aromatic ring is 1. The van der Waals surface area contributed by atoms with Crippen LogP contribution >= 0.6 is 11.3 Å². The molecule has 0 radical (unpaired) electrons. The van der Waals surface area contributed by atoms with E-state index in [1.807, 2.05) is 26.0 Å². The molecule has 14 heavy (non-hydrogen) atoms. The molecule has 0 aliphatic heterocycles. The third kappa shape index (κ3) is 1.58. The molecule has 5 heteroatoms. The minimum atomic E-state index is 0.515. The van der Waals surface area contributed by atoms with E-state index in [2.05, 4.69) is 15.2 Å². The lowest BCUT2D eigenvalue weighted by Crippen LogP contribution is -1.95. The van der Waals surface area contributed by atoms with E-state index in [0.717, 1.165) is 21.3 Å². The number of hydrogen-bond acceptors (Lipinski definition) is 5. The van der Waals surface area contributed by atoms with E-state index in [4.69, 9.17) is 5.73 Å². The first-order chi connectivity index (χ1) is 6.66. The van der Waals surface area contributed by atoms with Crippen molar-refractivity contribution < 1.29 is 0 Å². The second-order valence-corrected chi connectivity index (χ2v) is 4.19. The average molecular weight is 206 g/mol. The summed E-state index contributed by atoms with van der Waals surface area (Å²) >= 11 is 1.52. The first kappa shape index (κ1) is 9.08. The van der Waals surface area contributed by atoms with Crippen molar-refractivity contribution in [2.24, 2.45) is 0 Å². The van der Waals surface area contributed by atoms with Gasteiger partial charge in [0.15, 0.2) is 5.01 Å². The summed E-state index contributed by atoms with van der Waals surface area (Å²) in [6, 6.07) is 3.85. The van der Waals surface area contributed by atoms with Gasteiger partial charge in [0.2, 0.25) is 0 Å². The van der Waals surface area contributed by atoms with Gasteiger partial charge in [-0.1, -0.05) is 11.3 Å². The Morgan fingerprint density at radius 2 is 2.00 bits per heavy atom. The predicted octanol–water partition coefficient (Wildman–Crippen LogP) is 1.80. The van der Waals surface area contributed by atoms with Gasteiger partial charge in [0.25, 0.3) is 0 Å². The maximum atomic E-state index is 5.79. The summed E-state index contributed by atoms with van der Waals surface area (Å²) < 4.78 is 0. The minimum absolute atomic E-state index is 0.515. The fourth-order valence-electron chi connectivity index (χ4n) is 1.16. The smallest absolute Gasteiger partial charge is 0.151 e. The summed E-state index contributed by atoms with van der Waals surface area (Å²) in [6.45, 7) is 3.82. The van der Waals surface area contributed by atoms with E-state index in [-0.39, 0.29) is 0 Å². The molecular weight excluding hydrogens is 196 g/mol. The topological polar surface area (TPSA) is 64.7 Å². The Hall–Kier alpha value is -1.49. The lowest BCUT2D eigenvalue weighted by Gasteiger charge is -2.00. The number of rotatable bonds is 1. The molecule has 0 saturated heterocycles. The molecule has 0 amide bonds. The van der Waals surface area contributed by atoms with Crippen molar-refractivity contribution in [3.63, 3.8) is 0 Å². The van der Waals surface area contributed by atoms with E-state index >= 15 is 0 Å². The number of nitrogens with two attached hydrogens (primary N) is 1. The van der Waals surface area contributed by atoms with Gasteiger partial charge < -0.3 is 5.73 Å². The Labute approximate surface area is 85.8 Å². The molecule has 2 N–H and O–H groups in total. The average Bonchev–Trinajstić information content (AvgIpc) is 2.51. The van der Waals surface area contributed by atoms with Crippen LogP contribution in [0.1, 0.15) is 10.7 Å². The molecule has 2 aromatic rings. The van der Waals surface area contributed by atoms with Gasteiger partial charge >= 0.3 is 0 Å². The fourth-order valence-corrected chi connectivity index (χ4v) is 1.89. The van der Waals surface area contributed by atoms with Crippen molar-refractivity contribution in [1.82, 2.24) is 15.2 Å². The lowest BCUT2D eigenvalue weighted by molar-refractivity contribution is 1.05. The first-order valence-corrected chi connectivity index (χ1v) is 5.02. The molecule has 0 aromatic carbocycles. The summed E-state index contributed by atoms with van der Waals surface area (Å²) in [6.07, 6.45) is 0. The van der Waals surface area contributed by atoms with Gasteiger partial charge in [-0.15, -0.1) is 10.2 Å². The molecule has 4 nitrogen and oxygen atoms in total. The Morgan fingerprint density at radius 3 is 2.57 bits per heavy atom. The maximum Gasteiger partial charge on any atom is 0.151 e. The number of pyridine rings is 1. The second-order valence-electron chi connectivity index (χ2n) is 3.01. The highest BCUT2D eigenvalue weighted by molar-refractivity contribution is 7.14. The number of anilines is 1. The van der Waals surface area contributed by atoms with Crippen LogP contribution in [0.15, 0.2) is 12.1 Å². The predicted molar refractivity (Wildman–Crippen MR) is 57.0 cm³/mol. The van der Waals surface area contributed by atoms with E-state index in [9.17, 15) is 0 Å². The van der Waals surface area contributed by atoms with E-state index in [0.29, 0.717) is 5.82 Å². The zero-order chi connectivity index (χ0) is 10.1. The Morgan fingerprint density at radius 1 is 1.21 bits per heavy atom. The van der Waals surface area contributed by atoms with Crippen LogP contribution in [0.3, 0.4) is 0 Å². The fraction of sp³-hybridized carbons (Fsp3) is 0.222. The summed E-state index contributed by atoms with van der Waals surface area (Å²) in [5.74, 6) is 0.515. The minimum Gasteiger partial charge on any atom is -0.383 e. The third-order valence-corrected chi connectivity index (χ3v) is 2.69. The van der Waals surface area contributed by atoms with Gasteiger partial charge in [-0.2, -0.15) is 0 Å². The van der Waals surface area contributed by atoms with Gasteiger partial charge in [0.05, 0.1) is 5.56 Å². The third-order valence-electron chi connectivity index (χ3n) is 1.82. The summed E-state index contributed by atoms with van der Waals surface area (Å²) in [5.41, 5.74) is 7.56. The van der Waals surface area contributed by atoms with Crippen LogP contribution in [-0.2, 0) is 0 Å². The highest BCUT2D eigenvalue weighted by atomic mass is 32.1. The van der Waals surface area contributed by atoms with E-state index in [1.54, 1.807) is 0 Å². The molecule has 0 saturated carbocycles. The number of aryl methyl sites for hydroxylation is 2. The zero-order valence-electron chi connectivity index (χ0n) is 7.98. The van der Waals surface area contributed by atoms with Crippen LogP contribution in [0.4, 0.5) is 5.82 Å². The van der Waals surface area contributed by atoms with Crippen molar-refractivity contribution in [1.29, 1.82) is 0 Å². The number of aromatic nitrogens is 3. The van der Waals surface area contributed by atoms with Crippen LogP contribution in [0, 0.1) is 13.8 Å². The Bertz CT molecular complexity index is 464. The van der Waals surface area contributed by atoms with Gasteiger partial charge in [-0.3, -0.25) is 0 Å². The van der Waals surface area contributed by atoms with E-state index < -0.39 is 0 Å².